The fraction of sp³-hybridized carbons (Fsp3) is 0.333. The lowest BCUT2D eigenvalue weighted by molar-refractivity contribution is -0.0250. The van der Waals surface area contributed by atoms with Crippen molar-refractivity contribution >= 4 is 11.6 Å². The van der Waals surface area contributed by atoms with Crippen LogP contribution in [0.4, 0.5) is 0 Å². The van der Waals surface area contributed by atoms with Gasteiger partial charge in [0.05, 0.1) is 0 Å². The lowest BCUT2D eigenvalue weighted by atomic mass is 9.97. The van der Waals surface area contributed by atoms with Gasteiger partial charge in [-0.3, -0.25) is 4.84 Å². The van der Waals surface area contributed by atoms with Crippen molar-refractivity contribution in [2.75, 3.05) is 0 Å². The Balaban J connectivity index is 3.20. The molecule has 0 saturated heterocycles. The van der Waals surface area contributed by atoms with E-state index in [4.69, 9.17) is 22.3 Å². The molecule has 0 spiro atoms. The number of phenolic OH excluding ortho intramolecular Hbond substituents is 1. The van der Waals surface area contributed by atoms with Gasteiger partial charge in [-0.25, -0.2) is 5.90 Å². The smallest absolute Gasteiger partial charge is 0.121 e. The molecule has 1 aromatic carbocycles. The second-order valence-corrected chi connectivity index (χ2v) is 3.73. The number of halogens is 1. The SMILES string of the molecule is CC(C)(ON)c1cc(Cl)ccc1O. The summed E-state index contributed by atoms with van der Waals surface area (Å²) < 4.78 is 0. The number of phenols is 1. The fourth-order valence-electron chi connectivity index (χ4n) is 1.05. The highest BCUT2D eigenvalue weighted by Crippen LogP contribution is 2.32. The second kappa shape index (κ2) is 3.54. The average molecular weight is 202 g/mol. The van der Waals surface area contributed by atoms with Crippen LogP contribution in [-0.4, -0.2) is 5.11 Å². The van der Waals surface area contributed by atoms with Gasteiger partial charge in [-0.05, 0) is 32.0 Å². The van der Waals surface area contributed by atoms with Gasteiger partial charge in [0, 0.05) is 10.6 Å². The van der Waals surface area contributed by atoms with E-state index in [2.05, 4.69) is 0 Å². The highest BCUT2D eigenvalue weighted by molar-refractivity contribution is 6.30. The first kappa shape index (κ1) is 10.3. The van der Waals surface area contributed by atoms with Gasteiger partial charge in [-0.15, -0.1) is 0 Å². The van der Waals surface area contributed by atoms with E-state index in [0.29, 0.717) is 10.6 Å². The minimum atomic E-state index is -0.741. The summed E-state index contributed by atoms with van der Waals surface area (Å²) in [6.07, 6.45) is 0. The van der Waals surface area contributed by atoms with E-state index in [1.807, 2.05) is 0 Å². The van der Waals surface area contributed by atoms with E-state index in [0.717, 1.165) is 0 Å². The van der Waals surface area contributed by atoms with Gasteiger partial charge in [0.25, 0.3) is 0 Å². The zero-order valence-electron chi connectivity index (χ0n) is 7.54. The summed E-state index contributed by atoms with van der Waals surface area (Å²) in [5.41, 5.74) is -0.169. The minimum absolute atomic E-state index is 0.125. The van der Waals surface area contributed by atoms with Crippen molar-refractivity contribution in [2.24, 2.45) is 5.90 Å². The molecule has 0 amide bonds. The highest BCUT2D eigenvalue weighted by Gasteiger charge is 2.24. The van der Waals surface area contributed by atoms with E-state index in [-0.39, 0.29) is 5.75 Å². The van der Waals surface area contributed by atoms with E-state index in [1.165, 1.54) is 6.07 Å². The Labute approximate surface area is 82.0 Å². The molecule has 13 heavy (non-hydrogen) atoms. The van der Waals surface area contributed by atoms with E-state index >= 15 is 0 Å². The Hall–Kier alpha value is -0.770. The van der Waals surface area contributed by atoms with Gasteiger partial charge < -0.3 is 5.11 Å². The number of hydrogen-bond acceptors (Lipinski definition) is 3. The molecule has 0 bridgehead atoms. The molecule has 4 heteroatoms. The maximum Gasteiger partial charge on any atom is 0.121 e. The molecule has 0 aliphatic carbocycles. The van der Waals surface area contributed by atoms with Gasteiger partial charge in [0.15, 0.2) is 0 Å². The van der Waals surface area contributed by atoms with Crippen molar-refractivity contribution < 1.29 is 9.94 Å². The van der Waals surface area contributed by atoms with Crippen LogP contribution >= 0.6 is 11.6 Å². The van der Waals surface area contributed by atoms with Crippen LogP contribution in [0.2, 0.25) is 5.02 Å². The monoisotopic (exact) mass is 201 g/mol. The molecule has 0 unspecified atom stereocenters. The van der Waals surface area contributed by atoms with Gasteiger partial charge in [0.1, 0.15) is 11.4 Å². The Morgan fingerprint density at radius 2 is 2.08 bits per heavy atom. The third-order valence-electron chi connectivity index (χ3n) is 1.90. The van der Waals surface area contributed by atoms with Crippen molar-refractivity contribution in [1.29, 1.82) is 0 Å². The molecular formula is C9H12ClNO2. The molecule has 0 heterocycles. The summed E-state index contributed by atoms with van der Waals surface area (Å²) in [7, 11) is 0. The molecule has 0 fully saturated rings. The maximum absolute atomic E-state index is 9.51. The molecule has 0 aliphatic rings. The van der Waals surface area contributed by atoms with E-state index in [9.17, 15) is 5.11 Å². The molecule has 0 aromatic heterocycles. The van der Waals surface area contributed by atoms with Crippen molar-refractivity contribution in [3.05, 3.63) is 28.8 Å². The number of hydrogen-bond donors (Lipinski definition) is 2. The first-order valence-corrected chi connectivity index (χ1v) is 4.22. The topological polar surface area (TPSA) is 55.5 Å². The molecule has 72 valence electrons. The second-order valence-electron chi connectivity index (χ2n) is 3.29. The molecule has 3 nitrogen and oxygen atoms in total. The summed E-state index contributed by atoms with van der Waals surface area (Å²) in [6.45, 7) is 3.50. The fourth-order valence-corrected chi connectivity index (χ4v) is 1.23. The molecule has 1 aromatic rings. The predicted molar refractivity (Wildman–Crippen MR) is 51.4 cm³/mol. The summed E-state index contributed by atoms with van der Waals surface area (Å²) in [4.78, 5) is 4.74. The van der Waals surface area contributed by atoms with Gasteiger partial charge in [0.2, 0.25) is 0 Å². The van der Waals surface area contributed by atoms with Gasteiger partial charge in [-0.1, -0.05) is 11.6 Å². The lowest BCUT2D eigenvalue weighted by Crippen LogP contribution is -2.25. The molecule has 0 saturated carbocycles. The van der Waals surface area contributed by atoms with Gasteiger partial charge >= 0.3 is 0 Å². The Kier molecular flexibility index (Phi) is 2.81. The zero-order valence-corrected chi connectivity index (χ0v) is 8.30. The summed E-state index contributed by atoms with van der Waals surface area (Å²) in [5.74, 6) is 5.23. The van der Waals surface area contributed by atoms with Crippen molar-refractivity contribution in [3.63, 3.8) is 0 Å². The standard InChI is InChI=1S/C9H12ClNO2/c1-9(2,13-11)7-5-6(10)3-4-8(7)12/h3-5,12H,11H2,1-2H3. The molecule has 3 N–H and O–H groups in total. The van der Waals surface area contributed by atoms with Crippen LogP contribution in [-0.2, 0) is 10.4 Å². The zero-order chi connectivity index (χ0) is 10.1. The average Bonchev–Trinajstić information content (AvgIpc) is 2.09. The number of nitrogens with two attached hydrogens (primary N) is 1. The third kappa shape index (κ3) is 2.12. The number of rotatable bonds is 2. The van der Waals surface area contributed by atoms with Crippen molar-refractivity contribution in [2.45, 2.75) is 19.4 Å². The molecule has 0 radical (unpaired) electrons. The molecule has 1 rings (SSSR count). The van der Waals surface area contributed by atoms with Crippen molar-refractivity contribution in [1.82, 2.24) is 0 Å². The normalized spacial score (nSPS) is 11.7. The highest BCUT2D eigenvalue weighted by atomic mass is 35.5. The lowest BCUT2D eigenvalue weighted by Gasteiger charge is -2.23. The summed E-state index contributed by atoms with van der Waals surface area (Å²) >= 11 is 5.77. The number of benzene rings is 1. The van der Waals surface area contributed by atoms with E-state index in [1.54, 1.807) is 26.0 Å². The van der Waals surface area contributed by atoms with Crippen molar-refractivity contribution in [3.8, 4) is 5.75 Å². The largest absolute Gasteiger partial charge is 0.508 e. The Morgan fingerprint density at radius 3 is 2.62 bits per heavy atom. The van der Waals surface area contributed by atoms with Crippen LogP contribution in [0.25, 0.3) is 0 Å². The Bertz CT molecular complexity index is 312. The maximum atomic E-state index is 9.51. The van der Waals surface area contributed by atoms with E-state index < -0.39 is 5.60 Å². The summed E-state index contributed by atoms with van der Waals surface area (Å²) in [6, 6.07) is 4.75. The molecule has 0 atom stereocenters. The number of aromatic hydroxyl groups is 1. The van der Waals surface area contributed by atoms with Crippen LogP contribution in [0.1, 0.15) is 19.4 Å². The van der Waals surface area contributed by atoms with Crippen LogP contribution in [0.15, 0.2) is 18.2 Å². The van der Waals surface area contributed by atoms with Gasteiger partial charge in [-0.2, -0.15) is 0 Å². The summed E-state index contributed by atoms with van der Waals surface area (Å²) in [5, 5.41) is 10.0. The first-order chi connectivity index (χ1) is 5.97. The van der Waals surface area contributed by atoms with Crippen LogP contribution in [0.3, 0.4) is 0 Å². The molecular weight excluding hydrogens is 190 g/mol. The van der Waals surface area contributed by atoms with Crippen LogP contribution < -0.4 is 5.90 Å². The van der Waals surface area contributed by atoms with Crippen LogP contribution in [0, 0.1) is 0 Å². The predicted octanol–water partition coefficient (Wildman–Crippen LogP) is 2.17. The third-order valence-corrected chi connectivity index (χ3v) is 2.14. The Morgan fingerprint density at radius 1 is 1.46 bits per heavy atom. The first-order valence-electron chi connectivity index (χ1n) is 3.84. The molecule has 0 aliphatic heterocycles. The quantitative estimate of drug-likeness (QED) is 0.722. The van der Waals surface area contributed by atoms with Crippen LogP contribution in [0.5, 0.6) is 5.75 Å². The minimum Gasteiger partial charge on any atom is -0.508 e.